The van der Waals surface area contributed by atoms with Gasteiger partial charge in [-0.1, -0.05) is 13.8 Å². The molecule has 4 nitrogen and oxygen atoms in total. The predicted molar refractivity (Wildman–Crippen MR) is 79.6 cm³/mol. The van der Waals surface area contributed by atoms with E-state index in [9.17, 15) is 0 Å². The Kier molecular flexibility index (Phi) is 3.51. The Morgan fingerprint density at radius 2 is 1.95 bits per heavy atom. The highest BCUT2D eigenvalue weighted by atomic mass is 16.5. The van der Waals surface area contributed by atoms with Gasteiger partial charge in [0.2, 0.25) is 0 Å². The molecular weight excluding hydrogens is 238 g/mol. The number of ether oxygens (including phenoxy) is 1. The van der Waals surface area contributed by atoms with Crippen molar-refractivity contribution in [2.45, 2.75) is 19.8 Å². The zero-order valence-electron chi connectivity index (χ0n) is 11.8. The molecular formula is C15H23N3O. The van der Waals surface area contributed by atoms with Gasteiger partial charge in [-0.05, 0) is 18.1 Å². The first-order valence-electron chi connectivity index (χ1n) is 7.26. The van der Waals surface area contributed by atoms with E-state index in [2.05, 4.69) is 41.5 Å². The lowest BCUT2D eigenvalue weighted by atomic mass is 9.99. The zero-order valence-corrected chi connectivity index (χ0v) is 11.8. The van der Waals surface area contributed by atoms with Gasteiger partial charge in [0, 0.05) is 44.0 Å². The lowest BCUT2D eigenvalue weighted by Gasteiger charge is -2.32. The van der Waals surface area contributed by atoms with E-state index in [0.717, 1.165) is 50.8 Å². The second-order valence-electron chi connectivity index (χ2n) is 5.58. The van der Waals surface area contributed by atoms with Crippen LogP contribution in [0, 0.1) is 0 Å². The van der Waals surface area contributed by atoms with E-state index >= 15 is 0 Å². The molecule has 2 aliphatic rings. The number of benzene rings is 1. The second kappa shape index (κ2) is 5.29. The number of rotatable bonds is 2. The predicted octanol–water partition coefficient (Wildman–Crippen LogP) is 2.02. The monoisotopic (exact) mass is 261 g/mol. The zero-order chi connectivity index (χ0) is 13.2. The van der Waals surface area contributed by atoms with Crippen LogP contribution in [-0.2, 0) is 0 Å². The van der Waals surface area contributed by atoms with Gasteiger partial charge in [0.1, 0.15) is 12.4 Å². The average molecular weight is 261 g/mol. The number of nitrogens with zero attached hydrogens (tertiary/aromatic N) is 1. The van der Waals surface area contributed by atoms with E-state index in [1.54, 1.807) is 0 Å². The molecule has 0 atom stereocenters. The van der Waals surface area contributed by atoms with Crippen molar-refractivity contribution in [2.24, 2.45) is 0 Å². The molecule has 1 fully saturated rings. The fraction of sp³-hybridized carbons (Fsp3) is 0.600. The Morgan fingerprint density at radius 1 is 1.16 bits per heavy atom. The lowest BCUT2D eigenvalue weighted by molar-refractivity contribution is 0.318. The summed E-state index contributed by atoms with van der Waals surface area (Å²) < 4.78 is 5.86. The number of fused-ring (bicyclic) bond motifs is 1. The van der Waals surface area contributed by atoms with Crippen molar-refractivity contribution in [3.05, 3.63) is 17.7 Å². The summed E-state index contributed by atoms with van der Waals surface area (Å²) in [6.07, 6.45) is 0. The van der Waals surface area contributed by atoms with Crippen LogP contribution in [-0.4, -0.2) is 39.3 Å². The topological polar surface area (TPSA) is 36.5 Å². The smallest absolute Gasteiger partial charge is 0.146 e. The Bertz CT molecular complexity index is 453. The molecule has 0 spiro atoms. The Hall–Kier alpha value is -1.42. The van der Waals surface area contributed by atoms with Gasteiger partial charge in [-0.3, -0.25) is 0 Å². The highest BCUT2D eigenvalue weighted by Crippen LogP contribution is 2.39. The minimum absolute atomic E-state index is 0.483. The van der Waals surface area contributed by atoms with Crippen molar-refractivity contribution < 1.29 is 4.74 Å². The minimum Gasteiger partial charge on any atom is -0.489 e. The third kappa shape index (κ3) is 2.50. The van der Waals surface area contributed by atoms with Gasteiger partial charge in [-0.2, -0.15) is 0 Å². The average Bonchev–Trinajstić information content (AvgIpc) is 2.47. The molecule has 0 bridgehead atoms. The summed E-state index contributed by atoms with van der Waals surface area (Å²) in [6.45, 7) is 10.4. The van der Waals surface area contributed by atoms with E-state index in [1.807, 2.05) is 0 Å². The number of nitrogens with one attached hydrogen (secondary N) is 2. The molecule has 0 saturated carbocycles. The van der Waals surface area contributed by atoms with Crippen molar-refractivity contribution in [1.82, 2.24) is 5.32 Å². The summed E-state index contributed by atoms with van der Waals surface area (Å²) in [5, 5.41) is 6.87. The largest absolute Gasteiger partial charge is 0.489 e. The molecule has 19 heavy (non-hydrogen) atoms. The summed E-state index contributed by atoms with van der Waals surface area (Å²) in [5.41, 5.74) is 3.80. The van der Waals surface area contributed by atoms with Crippen molar-refractivity contribution in [2.75, 3.05) is 49.5 Å². The van der Waals surface area contributed by atoms with Crippen LogP contribution in [0.3, 0.4) is 0 Å². The van der Waals surface area contributed by atoms with Gasteiger partial charge in [0.15, 0.2) is 0 Å². The third-order valence-electron chi connectivity index (χ3n) is 3.87. The van der Waals surface area contributed by atoms with Gasteiger partial charge in [-0.15, -0.1) is 0 Å². The molecule has 0 amide bonds. The standard InChI is InChI=1S/C15H23N3O/c1-11(2)13-9-12(18-6-3-16-4-7-18)10-14-15(13)19-8-5-17-14/h9-11,16-17H,3-8H2,1-2H3. The third-order valence-corrected chi connectivity index (χ3v) is 3.87. The highest BCUT2D eigenvalue weighted by molar-refractivity contribution is 5.70. The van der Waals surface area contributed by atoms with Gasteiger partial charge in [0.05, 0.1) is 5.69 Å². The molecule has 1 aromatic carbocycles. The fourth-order valence-electron chi connectivity index (χ4n) is 2.80. The molecule has 2 heterocycles. The number of piperazine rings is 1. The van der Waals surface area contributed by atoms with Gasteiger partial charge < -0.3 is 20.3 Å². The molecule has 0 unspecified atom stereocenters. The highest BCUT2D eigenvalue weighted by Gasteiger charge is 2.20. The lowest BCUT2D eigenvalue weighted by Crippen LogP contribution is -2.43. The first-order chi connectivity index (χ1) is 9.25. The minimum atomic E-state index is 0.483. The molecule has 2 N–H and O–H groups in total. The SMILES string of the molecule is CC(C)c1cc(N2CCNCC2)cc2c1OCCN2. The van der Waals surface area contributed by atoms with E-state index in [0.29, 0.717) is 5.92 Å². The van der Waals surface area contributed by atoms with Crippen LogP contribution in [0.4, 0.5) is 11.4 Å². The molecule has 1 saturated heterocycles. The van der Waals surface area contributed by atoms with Crippen molar-refractivity contribution in [3.8, 4) is 5.75 Å². The molecule has 4 heteroatoms. The molecule has 104 valence electrons. The second-order valence-corrected chi connectivity index (χ2v) is 5.58. The molecule has 1 aromatic rings. The first-order valence-corrected chi connectivity index (χ1v) is 7.26. The van der Waals surface area contributed by atoms with E-state index in [4.69, 9.17) is 4.74 Å². The van der Waals surface area contributed by atoms with Gasteiger partial charge >= 0.3 is 0 Å². The number of hydrogen-bond acceptors (Lipinski definition) is 4. The van der Waals surface area contributed by atoms with Gasteiger partial charge in [0.25, 0.3) is 0 Å². The van der Waals surface area contributed by atoms with Crippen molar-refractivity contribution in [1.29, 1.82) is 0 Å². The summed E-state index contributed by atoms with van der Waals surface area (Å²) in [6, 6.07) is 4.55. The molecule has 0 radical (unpaired) electrons. The van der Waals surface area contributed by atoms with Crippen LogP contribution in [0.5, 0.6) is 5.75 Å². The molecule has 0 aromatic heterocycles. The molecule has 0 aliphatic carbocycles. The van der Waals surface area contributed by atoms with Crippen molar-refractivity contribution in [3.63, 3.8) is 0 Å². The van der Waals surface area contributed by atoms with E-state index in [-0.39, 0.29) is 0 Å². The van der Waals surface area contributed by atoms with Crippen LogP contribution in [0.2, 0.25) is 0 Å². The van der Waals surface area contributed by atoms with Crippen LogP contribution >= 0.6 is 0 Å². The van der Waals surface area contributed by atoms with E-state index < -0.39 is 0 Å². The van der Waals surface area contributed by atoms with Gasteiger partial charge in [-0.25, -0.2) is 0 Å². The summed E-state index contributed by atoms with van der Waals surface area (Å²) in [5.74, 6) is 1.54. The van der Waals surface area contributed by atoms with Crippen molar-refractivity contribution >= 4 is 11.4 Å². The number of hydrogen-bond donors (Lipinski definition) is 2. The van der Waals surface area contributed by atoms with Crippen LogP contribution in [0.25, 0.3) is 0 Å². The summed E-state index contributed by atoms with van der Waals surface area (Å²) in [7, 11) is 0. The van der Waals surface area contributed by atoms with Crippen LogP contribution in [0.15, 0.2) is 12.1 Å². The van der Waals surface area contributed by atoms with E-state index in [1.165, 1.54) is 11.3 Å². The van der Waals surface area contributed by atoms with Crippen LogP contribution in [0.1, 0.15) is 25.3 Å². The molecule has 3 rings (SSSR count). The quantitative estimate of drug-likeness (QED) is 0.854. The first kappa shape index (κ1) is 12.6. The molecule has 2 aliphatic heterocycles. The maximum atomic E-state index is 5.86. The Labute approximate surface area is 115 Å². The normalized spacial score (nSPS) is 18.8. The maximum Gasteiger partial charge on any atom is 0.146 e. The Morgan fingerprint density at radius 3 is 2.68 bits per heavy atom. The summed E-state index contributed by atoms with van der Waals surface area (Å²) >= 11 is 0. The Balaban J connectivity index is 1.98. The fourth-order valence-corrected chi connectivity index (χ4v) is 2.80. The summed E-state index contributed by atoms with van der Waals surface area (Å²) in [4.78, 5) is 2.46. The maximum absolute atomic E-state index is 5.86. The number of anilines is 2. The van der Waals surface area contributed by atoms with Crippen LogP contribution < -0.4 is 20.3 Å².